The molecule has 0 aliphatic heterocycles. The molecule has 0 bridgehead atoms. The molecule has 1 aromatic carbocycles. The molecule has 0 unspecified atom stereocenters. The first-order chi connectivity index (χ1) is 9.50. The van der Waals surface area contributed by atoms with Gasteiger partial charge in [0.25, 0.3) is 0 Å². The third kappa shape index (κ3) is 6.06. The monoisotopic (exact) mass is 342 g/mol. The molecular weight excluding hydrogens is 324 g/mol. The summed E-state index contributed by atoms with van der Waals surface area (Å²) >= 11 is 3.37. The molecule has 110 valence electrons. The third-order valence-electron chi connectivity index (χ3n) is 2.58. The highest BCUT2D eigenvalue weighted by molar-refractivity contribution is 9.10. The number of carbonyl (C=O) groups excluding carboxylic acids is 2. The van der Waals surface area contributed by atoms with Gasteiger partial charge in [-0.1, -0.05) is 12.1 Å². The Morgan fingerprint density at radius 1 is 1.25 bits per heavy atom. The summed E-state index contributed by atoms with van der Waals surface area (Å²) in [5.41, 5.74) is 0. The molecule has 5 nitrogen and oxygen atoms in total. The molecule has 0 heterocycles. The maximum Gasteiger partial charge on any atom is 0.223 e. The molecular formula is C14H19BrN2O3. The molecule has 0 aromatic heterocycles. The lowest BCUT2D eigenvalue weighted by Crippen LogP contribution is -2.30. The van der Waals surface area contributed by atoms with Crippen LogP contribution < -0.4 is 10.1 Å². The minimum Gasteiger partial charge on any atom is -0.492 e. The highest BCUT2D eigenvalue weighted by Gasteiger charge is 2.06. The SMILES string of the molecule is CN(C)C(=O)CCNC(=O)CCOc1ccccc1Br. The van der Waals surface area contributed by atoms with Crippen molar-refractivity contribution in [3.63, 3.8) is 0 Å². The minimum atomic E-state index is -0.122. The molecule has 0 atom stereocenters. The summed E-state index contributed by atoms with van der Waals surface area (Å²) in [6, 6.07) is 7.47. The quantitative estimate of drug-likeness (QED) is 0.822. The zero-order valence-electron chi connectivity index (χ0n) is 11.7. The van der Waals surface area contributed by atoms with Gasteiger partial charge in [-0.05, 0) is 28.1 Å². The average Bonchev–Trinajstić information content (AvgIpc) is 2.40. The number of nitrogens with one attached hydrogen (secondary N) is 1. The fraction of sp³-hybridized carbons (Fsp3) is 0.429. The van der Waals surface area contributed by atoms with Gasteiger partial charge in [-0.2, -0.15) is 0 Å². The lowest BCUT2D eigenvalue weighted by molar-refractivity contribution is -0.128. The number of halogens is 1. The maximum absolute atomic E-state index is 11.5. The first kappa shape index (κ1) is 16.5. The van der Waals surface area contributed by atoms with E-state index in [-0.39, 0.29) is 18.2 Å². The van der Waals surface area contributed by atoms with Crippen molar-refractivity contribution in [2.24, 2.45) is 0 Å². The van der Waals surface area contributed by atoms with Crippen LogP contribution in [0.2, 0.25) is 0 Å². The van der Waals surface area contributed by atoms with Crippen molar-refractivity contribution in [2.75, 3.05) is 27.2 Å². The number of nitrogens with zero attached hydrogens (tertiary/aromatic N) is 1. The maximum atomic E-state index is 11.5. The van der Waals surface area contributed by atoms with Crippen LogP contribution in [-0.2, 0) is 9.59 Å². The molecule has 1 aromatic rings. The number of amides is 2. The Morgan fingerprint density at radius 2 is 1.95 bits per heavy atom. The Hall–Kier alpha value is -1.56. The van der Waals surface area contributed by atoms with Gasteiger partial charge < -0.3 is 15.0 Å². The molecule has 0 saturated carbocycles. The lowest BCUT2D eigenvalue weighted by atomic mass is 10.3. The summed E-state index contributed by atoms with van der Waals surface area (Å²) < 4.78 is 6.35. The predicted molar refractivity (Wildman–Crippen MR) is 80.6 cm³/mol. The number of carbonyl (C=O) groups is 2. The fourth-order valence-electron chi connectivity index (χ4n) is 1.44. The molecule has 0 aliphatic carbocycles. The number of ether oxygens (including phenoxy) is 1. The number of hydrogen-bond donors (Lipinski definition) is 1. The van der Waals surface area contributed by atoms with Gasteiger partial charge in [0.2, 0.25) is 11.8 Å². The summed E-state index contributed by atoms with van der Waals surface area (Å²) in [7, 11) is 3.38. The minimum absolute atomic E-state index is 0.00485. The van der Waals surface area contributed by atoms with Crippen LogP contribution in [0, 0.1) is 0 Å². The predicted octanol–water partition coefficient (Wildman–Crippen LogP) is 1.81. The van der Waals surface area contributed by atoms with Gasteiger partial charge in [0, 0.05) is 27.1 Å². The zero-order chi connectivity index (χ0) is 15.0. The molecule has 20 heavy (non-hydrogen) atoms. The summed E-state index contributed by atoms with van der Waals surface area (Å²) in [4.78, 5) is 24.3. The van der Waals surface area contributed by atoms with E-state index in [0.29, 0.717) is 25.3 Å². The first-order valence-electron chi connectivity index (χ1n) is 6.35. The second-order valence-corrected chi connectivity index (χ2v) is 5.27. The van der Waals surface area contributed by atoms with E-state index in [9.17, 15) is 9.59 Å². The molecule has 0 radical (unpaired) electrons. The Morgan fingerprint density at radius 3 is 2.60 bits per heavy atom. The van der Waals surface area contributed by atoms with E-state index in [2.05, 4.69) is 21.2 Å². The smallest absolute Gasteiger partial charge is 0.223 e. The summed E-state index contributed by atoms with van der Waals surface area (Å²) in [6.07, 6.45) is 0.571. The second-order valence-electron chi connectivity index (χ2n) is 4.42. The highest BCUT2D eigenvalue weighted by Crippen LogP contribution is 2.23. The van der Waals surface area contributed by atoms with Crippen LogP contribution in [0.5, 0.6) is 5.75 Å². The Balaban J connectivity index is 2.18. The van der Waals surface area contributed by atoms with Crippen molar-refractivity contribution in [2.45, 2.75) is 12.8 Å². The average molecular weight is 343 g/mol. The van der Waals surface area contributed by atoms with Crippen molar-refractivity contribution < 1.29 is 14.3 Å². The summed E-state index contributed by atoms with van der Waals surface area (Å²) in [5, 5.41) is 2.69. The van der Waals surface area contributed by atoms with Crippen LogP contribution in [0.3, 0.4) is 0 Å². The number of hydrogen-bond acceptors (Lipinski definition) is 3. The Bertz CT molecular complexity index is 463. The zero-order valence-corrected chi connectivity index (χ0v) is 13.3. The standard InChI is InChI=1S/C14H19BrN2O3/c1-17(2)14(19)7-9-16-13(18)8-10-20-12-6-4-3-5-11(12)15/h3-6H,7-10H2,1-2H3,(H,16,18). The van der Waals surface area contributed by atoms with Gasteiger partial charge in [-0.3, -0.25) is 9.59 Å². The van der Waals surface area contributed by atoms with E-state index in [1.54, 1.807) is 14.1 Å². The van der Waals surface area contributed by atoms with Crippen LogP contribution >= 0.6 is 15.9 Å². The van der Waals surface area contributed by atoms with E-state index < -0.39 is 0 Å². The van der Waals surface area contributed by atoms with Crippen molar-refractivity contribution in [3.8, 4) is 5.75 Å². The Labute approximate surface area is 127 Å². The van der Waals surface area contributed by atoms with Gasteiger partial charge in [0.15, 0.2) is 0 Å². The molecule has 1 N–H and O–H groups in total. The van der Waals surface area contributed by atoms with E-state index >= 15 is 0 Å². The molecule has 6 heteroatoms. The van der Waals surface area contributed by atoms with E-state index in [4.69, 9.17) is 4.74 Å². The topological polar surface area (TPSA) is 58.6 Å². The molecule has 0 saturated heterocycles. The molecule has 0 fully saturated rings. The molecule has 0 aliphatic rings. The van der Waals surface area contributed by atoms with E-state index in [0.717, 1.165) is 4.47 Å². The van der Waals surface area contributed by atoms with E-state index in [1.165, 1.54) is 4.90 Å². The van der Waals surface area contributed by atoms with Gasteiger partial charge in [0.1, 0.15) is 5.75 Å². The second kappa shape index (κ2) is 8.58. The van der Waals surface area contributed by atoms with Crippen molar-refractivity contribution in [1.29, 1.82) is 0 Å². The van der Waals surface area contributed by atoms with E-state index in [1.807, 2.05) is 24.3 Å². The van der Waals surface area contributed by atoms with Crippen molar-refractivity contribution in [3.05, 3.63) is 28.7 Å². The number of rotatable bonds is 7. The molecule has 0 spiro atoms. The lowest BCUT2D eigenvalue weighted by Gasteiger charge is -2.11. The fourth-order valence-corrected chi connectivity index (χ4v) is 1.84. The Kier molecular flexibility index (Phi) is 7.08. The highest BCUT2D eigenvalue weighted by atomic mass is 79.9. The van der Waals surface area contributed by atoms with Gasteiger partial charge in [0.05, 0.1) is 17.5 Å². The molecule has 1 rings (SSSR count). The van der Waals surface area contributed by atoms with Gasteiger partial charge >= 0.3 is 0 Å². The normalized spacial score (nSPS) is 9.95. The van der Waals surface area contributed by atoms with Crippen molar-refractivity contribution in [1.82, 2.24) is 10.2 Å². The number of benzene rings is 1. The number of para-hydroxylation sites is 1. The summed E-state index contributed by atoms with van der Waals surface area (Å²) in [6.45, 7) is 0.654. The first-order valence-corrected chi connectivity index (χ1v) is 7.14. The van der Waals surface area contributed by atoms with Crippen LogP contribution in [0.4, 0.5) is 0 Å². The van der Waals surface area contributed by atoms with Crippen LogP contribution in [-0.4, -0.2) is 44.0 Å². The molecule has 2 amide bonds. The van der Waals surface area contributed by atoms with Crippen LogP contribution in [0.15, 0.2) is 28.7 Å². The van der Waals surface area contributed by atoms with Crippen LogP contribution in [0.1, 0.15) is 12.8 Å². The van der Waals surface area contributed by atoms with Crippen LogP contribution in [0.25, 0.3) is 0 Å². The largest absolute Gasteiger partial charge is 0.492 e. The van der Waals surface area contributed by atoms with Gasteiger partial charge in [-0.25, -0.2) is 0 Å². The summed E-state index contributed by atoms with van der Waals surface area (Å²) in [5.74, 6) is 0.585. The van der Waals surface area contributed by atoms with Gasteiger partial charge in [-0.15, -0.1) is 0 Å². The van der Waals surface area contributed by atoms with Crippen molar-refractivity contribution >= 4 is 27.7 Å². The third-order valence-corrected chi connectivity index (χ3v) is 3.24.